The number of nitrogens with one attached hydrogen (secondary N) is 1. The molecule has 1 aromatic carbocycles. The van der Waals surface area contributed by atoms with E-state index < -0.39 is 36.9 Å². The second-order valence-electron chi connectivity index (χ2n) is 8.07. The Morgan fingerprint density at radius 2 is 1.93 bits per heavy atom. The Hall–Kier alpha value is -1.51. The highest BCUT2D eigenvalue weighted by atomic mass is 35.5. The Labute approximate surface area is 164 Å². The Kier molecular flexibility index (Phi) is 6.04. The lowest BCUT2D eigenvalue weighted by Crippen LogP contribution is -2.40. The molecule has 0 unspecified atom stereocenters. The topological polar surface area (TPSA) is 102 Å². The predicted octanol–water partition coefficient (Wildman–Crippen LogP) is 3.98. The third kappa shape index (κ3) is 4.50. The zero-order valence-corrected chi connectivity index (χ0v) is 17.7. The molecule has 1 saturated heterocycles. The number of benzene rings is 1. The number of hydrogen-bond acceptors (Lipinski definition) is 6. The molecule has 7 nitrogen and oxygen atoms in total. The second kappa shape index (κ2) is 7.48. The minimum absolute atomic E-state index is 0.0919. The third-order valence-electron chi connectivity index (χ3n) is 4.59. The standard InChI is InChI=1S/C18H26ClNO6S/c1-17(2,3)26-16(22)20-13-7-6-12(19)15(14(13)21)27(23,24)18(4,5)11-8-9-25-10-11/h6-7,11,21H,8-10H2,1-5H3,(H,20,22)/t11-/m1/s1. The van der Waals surface area contributed by atoms with Crippen molar-refractivity contribution in [3.05, 3.63) is 17.2 Å². The van der Waals surface area contributed by atoms with Crippen LogP contribution in [0.1, 0.15) is 41.0 Å². The van der Waals surface area contributed by atoms with E-state index in [2.05, 4.69) is 5.32 Å². The fraction of sp³-hybridized carbons (Fsp3) is 0.611. The molecule has 9 heteroatoms. The van der Waals surface area contributed by atoms with Crippen LogP contribution in [0.15, 0.2) is 17.0 Å². The highest BCUT2D eigenvalue weighted by Gasteiger charge is 2.46. The van der Waals surface area contributed by atoms with Crippen LogP contribution in [-0.4, -0.2) is 43.2 Å². The number of aromatic hydroxyl groups is 1. The van der Waals surface area contributed by atoms with Gasteiger partial charge in [0.05, 0.1) is 22.1 Å². The second-order valence-corrected chi connectivity index (χ2v) is 10.9. The molecular formula is C18H26ClNO6S. The number of halogens is 1. The summed E-state index contributed by atoms with van der Waals surface area (Å²) in [4.78, 5) is 11.6. The molecule has 152 valence electrons. The molecule has 27 heavy (non-hydrogen) atoms. The number of carbonyl (C=O) groups is 1. The molecule has 1 aliphatic heterocycles. The first kappa shape index (κ1) is 21.8. The molecule has 1 aromatic rings. The molecule has 2 rings (SSSR count). The highest BCUT2D eigenvalue weighted by molar-refractivity contribution is 7.93. The van der Waals surface area contributed by atoms with E-state index >= 15 is 0 Å². The lowest BCUT2D eigenvalue weighted by molar-refractivity contribution is 0.0635. The van der Waals surface area contributed by atoms with Gasteiger partial charge in [0.2, 0.25) is 0 Å². The summed E-state index contributed by atoms with van der Waals surface area (Å²) in [5.74, 6) is -0.846. The number of phenolic OH excluding ortho intramolecular Hbond substituents is 1. The van der Waals surface area contributed by atoms with Gasteiger partial charge in [-0.3, -0.25) is 5.32 Å². The van der Waals surface area contributed by atoms with Gasteiger partial charge in [-0.05, 0) is 53.2 Å². The number of amides is 1. The van der Waals surface area contributed by atoms with Crippen LogP contribution in [0.4, 0.5) is 10.5 Å². The van der Waals surface area contributed by atoms with Crippen molar-refractivity contribution in [3.8, 4) is 5.75 Å². The van der Waals surface area contributed by atoms with Crippen LogP contribution in [0.3, 0.4) is 0 Å². The molecule has 0 aliphatic carbocycles. The summed E-state index contributed by atoms with van der Waals surface area (Å²) in [6.45, 7) is 9.06. The van der Waals surface area contributed by atoms with Crippen molar-refractivity contribution in [2.24, 2.45) is 5.92 Å². The summed E-state index contributed by atoms with van der Waals surface area (Å²) in [6.07, 6.45) is -0.215. The van der Waals surface area contributed by atoms with Crippen LogP contribution in [0.5, 0.6) is 5.75 Å². The molecule has 0 spiro atoms. The van der Waals surface area contributed by atoms with E-state index in [-0.39, 0.29) is 16.6 Å². The molecule has 1 aliphatic rings. The smallest absolute Gasteiger partial charge is 0.412 e. The average Bonchev–Trinajstić information content (AvgIpc) is 3.03. The molecular weight excluding hydrogens is 394 g/mol. The maximum atomic E-state index is 13.3. The number of carbonyl (C=O) groups excluding carboxylic acids is 1. The van der Waals surface area contributed by atoms with Crippen LogP contribution < -0.4 is 5.32 Å². The minimum Gasteiger partial charge on any atom is -0.504 e. The zero-order valence-electron chi connectivity index (χ0n) is 16.1. The quantitative estimate of drug-likeness (QED) is 0.715. The first-order valence-corrected chi connectivity index (χ1v) is 10.5. The van der Waals surface area contributed by atoms with Crippen molar-refractivity contribution < 1.29 is 27.8 Å². The van der Waals surface area contributed by atoms with Crippen molar-refractivity contribution in [2.75, 3.05) is 18.5 Å². The molecule has 1 atom stereocenters. The number of phenols is 1. The van der Waals surface area contributed by atoms with Gasteiger partial charge in [-0.25, -0.2) is 13.2 Å². The van der Waals surface area contributed by atoms with Gasteiger partial charge < -0.3 is 14.6 Å². The Morgan fingerprint density at radius 1 is 1.30 bits per heavy atom. The van der Waals surface area contributed by atoms with Gasteiger partial charge >= 0.3 is 6.09 Å². The average molecular weight is 420 g/mol. The summed E-state index contributed by atoms with van der Waals surface area (Å²) in [6, 6.07) is 2.65. The maximum absolute atomic E-state index is 13.3. The number of ether oxygens (including phenoxy) is 2. The Bertz CT molecular complexity index is 823. The fourth-order valence-electron chi connectivity index (χ4n) is 2.88. The van der Waals surface area contributed by atoms with Crippen molar-refractivity contribution in [2.45, 2.75) is 56.3 Å². The summed E-state index contributed by atoms with van der Waals surface area (Å²) >= 11 is 6.13. The lowest BCUT2D eigenvalue weighted by atomic mass is 9.94. The number of sulfone groups is 1. The summed E-state index contributed by atoms with van der Waals surface area (Å²) in [5, 5.41) is 12.8. The van der Waals surface area contributed by atoms with Crippen LogP contribution >= 0.6 is 11.6 Å². The third-order valence-corrected chi connectivity index (χ3v) is 7.69. The van der Waals surface area contributed by atoms with E-state index in [9.17, 15) is 18.3 Å². The number of rotatable bonds is 4. The number of anilines is 1. The summed E-state index contributed by atoms with van der Waals surface area (Å²) < 4.78 is 35.9. The largest absolute Gasteiger partial charge is 0.504 e. The maximum Gasteiger partial charge on any atom is 0.412 e. The van der Waals surface area contributed by atoms with E-state index in [1.54, 1.807) is 34.6 Å². The number of hydrogen-bond donors (Lipinski definition) is 2. The normalized spacial score (nSPS) is 18.4. The highest BCUT2D eigenvalue weighted by Crippen LogP contribution is 2.44. The van der Waals surface area contributed by atoms with Gasteiger partial charge in [-0.1, -0.05) is 11.6 Å². The molecule has 1 fully saturated rings. The Balaban J connectivity index is 2.43. The Morgan fingerprint density at radius 3 is 2.44 bits per heavy atom. The first-order valence-electron chi connectivity index (χ1n) is 8.61. The molecule has 0 aromatic heterocycles. The predicted molar refractivity (Wildman–Crippen MR) is 103 cm³/mol. The van der Waals surface area contributed by atoms with E-state index in [0.29, 0.717) is 19.6 Å². The summed E-state index contributed by atoms with van der Waals surface area (Å²) in [7, 11) is -4.03. The van der Waals surface area contributed by atoms with Crippen LogP contribution in [0.25, 0.3) is 0 Å². The van der Waals surface area contributed by atoms with Crippen molar-refractivity contribution >= 4 is 33.2 Å². The van der Waals surface area contributed by atoms with Crippen LogP contribution in [0, 0.1) is 5.92 Å². The first-order chi connectivity index (χ1) is 12.3. The van der Waals surface area contributed by atoms with E-state index in [4.69, 9.17) is 21.1 Å². The van der Waals surface area contributed by atoms with Crippen LogP contribution in [-0.2, 0) is 19.3 Å². The monoisotopic (exact) mass is 419 g/mol. The van der Waals surface area contributed by atoms with Crippen LogP contribution in [0.2, 0.25) is 5.02 Å². The minimum atomic E-state index is -4.03. The SMILES string of the molecule is CC(C)(C)OC(=O)Nc1ccc(Cl)c(S(=O)(=O)C(C)(C)[C@@H]2CCOC2)c1O. The van der Waals surface area contributed by atoms with Gasteiger partial charge in [0, 0.05) is 12.5 Å². The zero-order chi connectivity index (χ0) is 20.6. The molecule has 1 heterocycles. The van der Waals surface area contributed by atoms with Crippen molar-refractivity contribution in [1.82, 2.24) is 0 Å². The lowest BCUT2D eigenvalue weighted by Gasteiger charge is -2.31. The molecule has 0 bridgehead atoms. The molecule has 0 saturated carbocycles. The van der Waals surface area contributed by atoms with E-state index in [0.717, 1.165) is 0 Å². The van der Waals surface area contributed by atoms with Gasteiger partial charge in [0.25, 0.3) is 0 Å². The van der Waals surface area contributed by atoms with Crippen molar-refractivity contribution in [3.63, 3.8) is 0 Å². The van der Waals surface area contributed by atoms with Gasteiger partial charge in [-0.2, -0.15) is 0 Å². The van der Waals surface area contributed by atoms with Gasteiger partial charge in [0.1, 0.15) is 10.5 Å². The van der Waals surface area contributed by atoms with E-state index in [1.165, 1.54) is 12.1 Å². The fourth-order valence-corrected chi connectivity index (χ4v) is 5.18. The summed E-state index contributed by atoms with van der Waals surface area (Å²) in [5.41, 5.74) is -0.836. The van der Waals surface area contributed by atoms with Gasteiger partial charge in [-0.15, -0.1) is 0 Å². The molecule has 1 amide bonds. The molecule has 2 N–H and O–H groups in total. The van der Waals surface area contributed by atoms with Gasteiger partial charge in [0.15, 0.2) is 15.6 Å². The van der Waals surface area contributed by atoms with Crippen molar-refractivity contribution in [1.29, 1.82) is 0 Å². The molecule has 0 radical (unpaired) electrons. The van der Waals surface area contributed by atoms with E-state index in [1.807, 2.05) is 0 Å².